The van der Waals surface area contributed by atoms with Gasteiger partial charge in [-0.3, -0.25) is 14.4 Å². The molecule has 0 saturated carbocycles. The predicted octanol–water partition coefficient (Wildman–Crippen LogP) is 4.93. The van der Waals surface area contributed by atoms with Crippen molar-refractivity contribution in [3.05, 3.63) is 108 Å². The zero-order valence-corrected chi connectivity index (χ0v) is 24.1. The summed E-state index contributed by atoms with van der Waals surface area (Å²) in [6.07, 6.45) is -0.0133. The molecule has 212 valence electrons. The highest BCUT2D eigenvalue weighted by Crippen LogP contribution is 2.21. The van der Waals surface area contributed by atoms with Crippen LogP contribution in [0.5, 0.6) is 0 Å². The minimum atomic E-state index is -4.23. The van der Waals surface area contributed by atoms with Crippen LogP contribution >= 0.6 is 0 Å². The maximum absolute atomic E-state index is 13.4. The molecule has 41 heavy (non-hydrogen) atoms. The molecule has 0 aliphatic heterocycles. The fourth-order valence-corrected chi connectivity index (χ4v) is 5.57. The van der Waals surface area contributed by atoms with E-state index in [0.717, 1.165) is 10.9 Å². The molecule has 0 aliphatic rings. The molecule has 1 unspecified atom stereocenters. The van der Waals surface area contributed by atoms with Crippen molar-refractivity contribution in [1.29, 1.82) is 0 Å². The first-order valence-corrected chi connectivity index (χ1v) is 14.9. The lowest BCUT2D eigenvalue weighted by atomic mass is 9.97. The van der Waals surface area contributed by atoms with Gasteiger partial charge in [0.25, 0.3) is 15.9 Å². The van der Waals surface area contributed by atoms with Gasteiger partial charge in [-0.05, 0) is 79.9 Å². The van der Waals surface area contributed by atoms with Crippen molar-refractivity contribution in [3.8, 4) is 0 Å². The van der Waals surface area contributed by atoms with Crippen molar-refractivity contribution in [2.45, 2.75) is 32.1 Å². The molecule has 0 radical (unpaired) electrons. The number of hydrogen-bond donors (Lipinski definition) is 2. The molecular weight excluding hydrogens is 538 g/mol. The third-order valence-electron chi connectivity index (χ3n) is 6.92. The zero-order chi connectivity index (χ0) is 29.6. The van der Waals surface area contributed by atoms with Crippen molar-refractivity contribution in [1.82, 2.24) is 9.62 Å². The Labute approximate surface area is 240 Å². The van der Waals surface area contributed by atoms with Gasteiger partial charge in [0.1, 0.15) is 5.92 Å². The molecule has 4 aromatic rings. The fraction of sp³-hybridized carbons (Fsp3) is 0.219. The van der Waals surface area contributed by atoms with E-state index in [1.54, 1.807) is 68.4 Å². The van der Waals surface area contributed by atoms with E-state index in [4.69, 9.17) is 0 Å². The van der Waals surface area contributed by atoms with Crippen LogP contribution in [0.25, 0.3) is 10.8 Å². The lowest BCUT2D eigenvalue weighted by Gasteiger charge is -2.25. The van der Waals surface area contributed by atoms with Crippen LogP contribution < -0.4 is 10.0 Å². The molecule has 8 nitrogen and oxygen atoms in total. The van der Waals surface area contributed by atoms with E-state index in [9.17, 15) is 22.8 Å². The van der Waals surface area contributed by atoms with Crippen LogP contribution in [-0.4, -0.2) is 44.1 Å². The third-order valence-corrected chi connectivity index (χ3v) is 8.27. The smallest absolute Gasteiger partial charge is 0.264 e. The van der Waals surface area contributed by atoms with Gasteiger partial charge in [-0.1, -0.05) is 60.2 Å². The van der Waals surface area contributed by atoms with Crippen molar-refractivity contribution in [3.63, 3.8) is 0 Å². The van der Waals surface area contributed by atoms with Gasteiger partial charge in [-0.15, -0.1) is 0 Å². The molecule has 0 aliphatic carbocycles. The largest absolute Gasteiger partial charge is 0.343 e. The van der Waals surface area contributed by atoms with Gasteiger partial charge in [0.2, 0.25) is 11.8 Å². The highest BCUT2D eigenvalue weighted by molar-refractivity contribution is 7.90. The molecule has 0 heterocycles. The molecule has 4 aromatic carbocycles. The van der Waals surface area contributed by atoms with Gasteiger partial charge in [0.05, 0.1) is 4.90 Å². The maximum Gasteiger partial charge on any atom is 0.264 e. The van der Waals surface area contributed by atoms with Crippen LogP contribution in [0.15, 0.2) is 95.9 Å². The highest BCUT2D eigenvalue weighted by atomic mass is 32.2. The number of hydrogen-bond acceptors (Lipinski definition) is 5. The Bertz CT molecular complexity index is 1660. The topological polar surface area (TPSA) is 113 Å². The molecule has 4 rings (SSSR count). The van der Waals surface area contributed by atoms with Crippen molar-refractivity contribution in [2.24, 2.45) is 5.92 Å². The molecule has 0 aromatic heterocycles. The number of amides is 3. The van der Waals surface area contributed by atoms with Gasteiger partial charge in [0, 0.05) is 24.3 Å². The average molecular weight is 572 g/mol. The van der Waals surface area contributed by atoms with E-state index in [1.165, 1.54) is 17.0 Å². The van der Waals surface area contributed by atoms with E-state index < -0.39 is 27.8 Å². The number of carbonyl (C=O) groups excluding carboxylic acids is 3. The summed E-state index contributed by atoms with van der Waals surface area (Å²) < 4.78 is 28.5. The Hall–Kier alpha value is -4.50. The van der Waals surface area contributed by atoms with Gasteiger partial charge in [0.15, 0.2) is 0 Å². The summed E-state index contributed by atoms with van der Waals surface area (Å²) >= 11 is 0. The second-order valence-corrected chi connectivity index (χ2v) is 11.4. The summed E-state index contributed by atoms with van der Waals surface area (Å²) in [5, 5.41) is 4.41. The average Bonchev–Trinajstić information content (AvgIpc) is 2.97. The molecule has 3 amide bonds. The van der Waals surface area contributed by atoms with E-state index in [2.05, 4.69) is 10.0 Å². The van der Waals surface area contributed by atoms with Crippen LogP contribution in [0.4, 0.5) is 5.69 Å². The van der Waals surface area contributed by atoms with Crippen LogP contribution in [0.1, 0.15) is 35.3 Å². The standard InChI is InChI=1S/C32H33N3O5S/c1-4-35(5-2)32(38)29(31(37)34-41(39,40)28-19-16-24-8-6-7-9-26(24)21-28)20-23-12-17-27(18-13-23)33-30(36)25-14-10-22(3)11-15-25/h6-19,21,29H,4-5,20H2,1-3H3,(H,33,36)(H,34,37). The summed E-state index contributed by atoms with van der Waals surface area (Å²) in [7, 11) is -4.23. The predicted molar refractivity (Wildman–Crippen MR) is 160 cm³/mol. The second kappa shape index (κ2) is 12.8. The van der Waals surface area contributed by atoms with E-state index in [0.29, 0.717) is 35.3 Å². The Morgan fingerprint density at radius 3 is 2.07 bits per heavy atom. The summed E-state index contributed by atoms with van der Waals surface area (Å²) in [6.45, 7) is 6.29. The first-order valence-electron chi connectivity index (χ1n) is 13.4. The Morgan fingerprint density at radius 2 is 1.44 bits per heavy atom. The first-order chi connectivity index (χ1) is 19.6. The molecule has 0 spiro atoms. The maximum atomic E-state index is 13.4. The van der Waals surface area contributed by atoms with Gasteiger partial charge >= 0.3 is 0 Å². The molecule has 0 bridgehead atoms. The van der Waals surface area contributed by atoms with Gasteiger partial charge < -0.3 is 10.2 Å². The number of aryl methyl sites for hydroxylation is 1. The minimum Gasteiger partial charge on any atom is -0.343 e. The van der Waals surface area contributed by atoms with Crippen molar-refractivity contribution < 1.29 is 22.8 Å². The van der Waals surface area contributed by atoms with Crippen LogP contribution in [0, 0.1) is 12.8 Å². The number of benzene rings is 4. The van der Waals surface area contributed by atoms with Crippen molar-refractivity contribution >= 4 is 44.2 Å². The number of nitrogens with zero attached hydrogens (tertiary/aromatic N) is 1. The summed E-state index contributed by atoms with van der Waals surface area (Å²) in [5.74, 6) is -2.88. The van der Waals surface area contributed by atoms with Crippen LogP contribution in [-0.2, 0) is 26.0 Å². The van der Waals surface area contributed by atoms with Crippen molar-refractivity contribution in [2.75, 3.05) is 18.4 Å². The summed E-state index contributed by atoms with van der Waals surface area (Å²) in [5.41, 5.74) is 2.76. The summed E-state index contributed by atoms with van der Waals surface area (Å²) in [4.78, 5) is 40.7. The summed E-state index contributed by atoms with van der Waals surface area (Å²) in [6, 6.07) is 25.9. The van der Waals surface area contributed by atoms with Gasteiger partial charge in [-0.2, -0.15) is 0 Å². The lowest BCUT2D eigenvalue weighted by Crippen LogP contribution is -2.46. The van der Waals surface area contributed by atoms with E-state index in [-0.39, 0.29) is 17.2 Å². The van der Waals surface area contributed by atoms with Gasteiger partial charge in [-0.25, -0.2) is 13.1 Å². The number of fused-ring (bicyclic) bond motifs is 1. The third kappa shape index (κ3) is 7.18. The Balaban J connectivity index is 1.53. The zero-order valence-electron chi connectivity index (χ0n) is 23.3. The number of rotatable bonds is 10. The highest BCUT2D eigenvalue weighted by Gasteiger charge is 2.33. The second-order valence-electron chi connectivity index (χ2n) is 9.76. The normalized spacial score (nSPS) is 12.0. The number of anilines is 1. The molecule has 0 saturated heterocycles. The van der Waals surface area contributed by atoms with E-state index >= 15 is 0 Å². The lowest BCUT2D eigenvalue weighted by molar-refractivity contribution is -0.141. The monoisotopic (exact) mass is 571 g/mol. The molecule has 1 atom stereocenters. The molecule has 0 fully saturated rings. The first kappa shape index (κ1) is 29.5. The number of sulfonamides is 1. The molecule has 9 heteroatoms. The quantitative estimate of drug-likeness (QED) is 0.262. The SMILES string of the molecule is CCN(CC)C(=O)C(Cc1ccc(NC(=O)c2ccc(C)cc2)cc1)C(=O)NS(=O)(=O)c1ccc2ccccc2c1. The molecule has 2 N–H and O–H groups in total. The molecular formula is C32H33N3O5S. The minimum absolute atomic E-state index is 0.0133. The fourth-order valence-electron chi connectivity index (χ4n) is 4.51. The van der Waals surface area contributed by atoms with E-state index in [1.807, 2.05) is 31.2 Å². The Kier molecular flexibility index (Phi) is 9.19. The van der Waals surface area contributed by atoms with Crippen LogP contribution in [0.2, 0.25) is 0 Å². The Morgan fingerprint density at radius 1 is 0.805 bits per heavy atom. The number of carbonyl (C=O) groups is 3. The number of nitrogens with one attached hydrogen (secondary N) is 2. The van der Waals surface area contributed by atoms with Crippen LogP contribution in [0.3, 0.4) is 0 Å².